The summed E-state index contributed by atoms with van der Waals surface area (Å²) in [6.07, 6.45) is 89.0. The van der Waals surface area contributed by atoms with Gasteiger partial charge in [-0.25, -0.2) is 0 Å². The van der Waals surface area contributed by atoms with Crippen molar-refractivity contribution in [1.82, 2.24) is 0 Å². The molecule has 0 aliphatic heterocycles. The van der Waals surface area contributed by atoms with Crippen LogP contribution in [0.5, 0.6) is 0 Å². The van der Waals surface area contributed by atoms with Crippen molar-refractivity contribution in [3.05, 3.63) is 85.1 Å². The van der Waals surface area contributed by atoms with Crippen LogP contribution in [0.15, 0.2) is 85.1 Å². The fourth-order valence-corrected chi connectivity index (χ4v) is 9.74. The predicted octanol–water partition coefficient (Wildman–Crippen LogP) is 23.4. The lowest BCUT2D eigenvalue weighted by Gasteiger charge is -2.18. The number of ether oxygens (including phenoxy) is 3. The molecule has 0 bridgehead atoms. The Morgan fingerprint density at radius 1 is 0.266 bits per heavy atom. The van der Waals surface area contributed by atoms with Gasteiger partial charge in [0.05, 0.1) is 0 Å². The van der Waals surface area contributed by atoms with E-state index in [2.05, 4.69) is 106 Å². The molecule has 0 aromatic carbocycles. The summed E-state index contributed by atoms with van der Waals surface area (Å²) in [6, 6.07) is 0. The van der Waals surface area contributed by atoms with Crippen LogP contribution in [-0.2, 0) is 28.6 Å². The zero-order chi connectivity index (χ0) is 57.1. The van der Waals surface area contributed by atoms with Crippen LogP contribution in [0.4, 0.5) is 0 Å². The Labute approximate surface area is 490 Å². The van der Waals surface area contributed by atoms with E-state index in [1.807, 2.05) is 0 Å². The Kier molecular flexibility index (Phi) is 64.2. The largest absolute Gasteiger partial charge is 0.462 e. The predicted molar refractivity (Wildman–Crippen MR) is 344 cm³/mol. The Morgan fingerprint density at radius 2 is 0.506 bits per heavy atom. The summed E-state index contributed by atoms with van der Waals surface area (Å²) in [7, 11) is 0. The topological polar surface area (TPSA) is 78.9 Å². The highest BCUT2D eigenvalue weighted by molar-refractivity contribution is 5.71. The highest BCUT2D eigenvalue weighted by Crippen LogP contribution is 2.17. The molecular formula is C73H128O6. The lowest BCUT2D eigenvalue weighted by molar-refractivity contribution is -0.167. The number of rotatable bonds is 62. The molecule has 0 aromatic rings. The lowest BCUT2D eigenvalue weighted by Crippen LogP contribution is -2.30. The third-order valence-corrected chi connectivity index (χ3v) is 14.9. The number of unbranched alkanes of at least 4 members (excludes halogenated alkanes) is 37. The van der Waals surface area contributed by atoms with Crippen molar-refractivity contribution < 1.29 is 28.6 Å². The quantitative estimate of drug-likeness (QED) is 0.0261. The van der Waals surface area contributed by atoms with Crippen molar-refractivity contribution in [3.8, 4) is 0 Å². The van der Waals surface area contributed by atoms with Crippen molar-refractivity contribution in [2.75, 3.05) is 13.2 Å². The molecule has 0 saturated heterocycles. The maximum atomic E-state index is 12.9. The summed E-state index contributed by atoms with van der Waals surface area (Å²) in [5, 5.41) is 0. The zero-order valence-electron chi connectivity index (χ0n) is 52.4. The first-order valence-corrected chi connectivity index (χ1v) is 34.1. The standard InChI is InChI=1S/C73H128O6/c1-4-7-10-13-16-19-22-24-26-28-30-31-32-33-34-35-36-37-38-39-40-41-43-44-46-48-51-54-57-60-63-66-72(75)78-69-70(68-77-71(74)65-62-59-56-53-50-21-18-15-12-9-6-3)79-73(76)67-64-61-58-55-52-49-47-45-42-29-27-25-23-20-17-14-11-8-5-2/h7,10,15-20,24-27,30-31,70H,4-6,8-9,11-14,21-23,28-29,32-69H2,1-3H3/b10-7-,18-15-,19-16-,20-17-,26-24-,27-25-,31-30-. The molecule has 456 valence electrons. The fraction of sp³-hybridized carbons (Fsp3) is 0.767. The minimum atomic E-state index is -0.781. The minimum absolute atomic E-state index is 0.0772. The second-order valence-corrected chi connectivity index (χ2v) is 22.7. The Balaban J connectivity index is 4.16. The third kappa shape index (κ3) is 65.3. The van der Waals surface area contributed by atoms with Gasteiger partial charge in [-0.2, -0.15) is 0 Å². The van der Waals surface area contributed by atoms with Gasteiger partial charge in [0, 0.05) is 19.3 Å². The first-order chi connectivity index (χ1) is 39.0. The molecule has 0 saturated carbocycles. The Morgan fingerprint density at radius 3 is 0.823 bits per heavy atom. The highest BCUT2D eigenvalue weighted by atomic mass is 16.6. The summed E-state index contributed by atoms with van der Waals surface area (Å²) in [4.78, 5) is 38.3. The molecule has 0 N–H and O–H groups in total. The SMILES string of the molecule is CC/C=C\C/C=C\C/C=C\C/C=C\CCCCCCCCCCCCCCCCCCCCC(=O)OCC(COC(=O)CCCCCCC/C=C\CCCC)OC(=O)CCCCCCCCCCC/C=C\C/C=C\CCCCC. The molecule has 0 rings (SSSR count). The van der Waals surface area contributed by atoms with Gasteiger partial charge in [-0.1, -0.05) is 298 Å². The fourth-order valence-electron chi connectivity index (χ4n) is 9.74. The smallest absolute Gasteiger partial charge is 0.306 e. The third-order valence-electron chi connectivity index (χ3n) is 14.9. The van der Waals surface area contributed by atoms with Gasteiger partial charge in [0.1, 0.15) is 13.2 Å². The first-order valence-electron chi connectivity index (χ1n) is 34.1. The number of carbonyl (C=O) groups is 3. The Hall–Kier alpha value is -3.41. The van der Waals surface area contributed by atoms with Crippen LogP contribution in [0.3, 0.4) is 0 Å². The average Bonchev–Trinajstić information content (AvgIpc) is 3.45. The van der Waals surface area contributed by atoms with E-state index in [4.69, 9.17) is 14.2 Å². The molecule has 0 aromatic heterocycles. The van der Waals surface area contributed by atoms with Gasteiger partial charge in [0.25, 0.3) is 0 Å². The van der Waals surface area contributed by atoms with Crippen LogP contribution in [0.25, 0.3) is 0 Å². The molecule has 0 amide bonds. The molecule has 6 nitrogen and oxygen atoms in total. The lowest BCUT2D eigenvalue weighted by atomic mass is 10.0. The molecule has 0 radical (unpaired) electrons. The number of hydrogen-bond acceptors (Lipinski definition) is 6. The normalized spacial score (nSPS) is 12.6. The summed E-state index contributed by atoms with van der Waals surface area (Å²) >= 11 is 0. The van der Waals surface area contributed by atoms with Gasteiger partial charge in [-0.05, 0) is 109 Å². The van der Waals surface area contributed by atoms with E-state index in [9.17, 15) is 14.4 Å². The van der Waals surface area contributed by atoms with Crippen LogP contribution >= 0.6 is 0 Å². The molecule has 0 aliphatic rings. The molecule has 6 heteroatoms. The Bertz CT molecular complexity index is 1500. The van der Waals surface area contributed by atoms with E-state index in [1.54, 1.807) is 0 Å². The molecule has 1 unspecified atom stereocenters. The average molecular weight is 1100 g/mol. The van der Waals surface area contributed by atoms with Gasteiger partial charge in [-0.3, -0.25) is 14.4 Å². The molecule has 0 fully saturated rings. The maximum absolute atomic E-state index is 12.9. The minimum Gasteiger partial charge on any atom is -0.462 e. The molecule has 0 heterocycles. The van der Waals surface area contributed by atoms with Gasteiger partial charge in [0.2, 0.25) is 0 Å². The second kappa shape index (κ2) is 67.1. The van der Waals surface area contributed by atoms with E-state index in [0.717, 1.165) is 96.3 Å². The number of esters is 3. The van der Waals surface area contributed by atoms with Crippen LogP contribution in [0.2, 0.25) is 0 Å². The van der Waals surface area contributed by atoms with Crippen molar-refractivity contribution >= 4 is 17.9 Å². The number of allylic oxidation sites excluding steroid dienone is 14. The van der Waals surface area contributed by atoms with Crippen LogP contribution in [0.1, 0.15) is 342 Å². The first kappa shape index (κ1) is 75.6. The second-order valence-electron chi connectivity index (χ2n) is 22.7. The summed E-state index contributed by atoms with van der Waals surface area (Å²) in [6.45, 7) is 6.49. The van der Waals surface area contributed by atoms with Crippen LogP contribution in [0, 0.1) is 0 Å². The number of hydrogen-bond donors (Lipinski definition) is 0. The van der Waals surface area contributed by atoms with Crippen LogP contribution in [-0.4, -0.2) is 37.2 Å². The summed E-state index contributed by atoms with van der Waals surface area (Å²) < 4.78 is 16.9. The number of carbonyl (C=O) groups excluding carboxylic acids is 3. The van der Waals surface area contributed by atoms with Crippen molar-refractivity contribution in [1.29, 1.82) is 0 Å². The van der Waals surface area contributed by atoms with Gasteiger partial charge < -0.3 is 14.2 Å². The van der Waals surface area contributed by atoms with E-state index in [-0.39, 0.29) is 31.1 Å². The molecule has 79 heavy (non-hydrogen) atoms. The van der Waals surface area contributed by atoms with Crippen molar-refractivity contribution in [3.63, 3.8) is 0 Å². The van der Waals surface area contributed by atoms with Gasteiger partial charge in [0.15, 0.2) is 6.10 Å². The van der Waals surface area contributed by atoms with E-state index >= 15 is 0 Å². The van der Waals surface area contributed by atoms with Crippen molar-refractivity contribution in [2.24, 2.45) is 0 Å². The zero-order valence-corrected chi connectivity index (χ0v) is 52.4. The monoisotopic (exact) mass is 1100 g/mol. The summed E-state index contributed by atoms with van der Waals surface area (Å²) in [5.41, 5.74) is 0. The molecule has 0 aliphatic carbocycles. The van der Waals surface area contributed by atoms with Crippen molar-refractivity contribution in [2.45, 2.75) is 348 Å². The summed E-state index contributed by atoms with van der Waals surface area (Å²) in [5.74, 6) is -0.876. The molecule has 1 atom stereocenters. The molecular weight excluding hydrogens is 973 g/mol. The van der Waals surface area contributed by atoms with E-state index in [0.29, 0.717) is 19.3 Å². The van der Waals surface area contributed by atoms with E-state index in [1.165, 1.54) is 205 Å². The maximum Gasteiger partial charge on any atom is 0.306 e. The van der Waals surface area contributed by atoms with Gasteiger partial charge in [-0.15, -0.1) is 0 Å². The molecule has 0 spiro atoms. The van der Waals surface area contributed by atoms with E-state index < -0.39 is 6.10 Å². The van der Waals surface area contributed by atoms with Crippen LogP contribution < -0.4 is 0 Å². The highest BCUT2D eigenvalue weighted by Gasteiger charge is 2.19. The van der Waals surface area contributed by atoms with Gasteiger partial charge >= 0.3 is 17.9 Å².